The Morgan fingerprint density at radius 2 is 1.09 bits per heavy atom. The molecule has 2 aromatic heterocycles. The Balaban J connectivity index is 1.39. The van der Waals surface area contributed by atoms with Crippen molar-refractivity contribution in [1.82, 2.24) is 0 Å². The van der Waals surface area contributed by atoms with Crippen LogP contribution in [-0.4, -0.2) is 0 Å². The van der Waals surface area contributed by atoms with Crippen LogP contribution >= 0.6 is 0 Å². The van der Waals surface area contributed by atoms with Crippen LogP contribution in [0.2, 0.25) is 0 Å². The van der Waals surface area contributed by atoms with Crippen molar-refractivity contribution in [3.63, 3.8) is 0 Å². The molecule has 0 bridgehead atoms. The minimum Gasteiger partial charge on any atom is -0.456 e. The first-order valence-electron chi connectivity index (χ1n) is 14.5. The van der Waals surface area contributed by atoms with Crippen LogP contribution in [0.15, 0.2) is 160 Å². The molecule has 0 aliphatic heterocycles. The first-order valence-corrected chi connectivity index (χ1v) is 14.5. The third-order valence-electron chi connectivity index (χ3n) is 8.46. The van der Waals surface area contributed by atoms with Crippen molar-refractivity contribution < 1.29 is 8.83 Å². The number of rotatable bonds is 4. The highest BCUT2D eigenvalue weighted by atomic mass is 16.3. The van der Waals surface area contributed by atoms with Gasteiger partial charge in [-0.15, -0.1) is 0 Å². The van der Waals surface area contributed by atoms with E-state index >= 15 is 0 Å². The van der Waals surface area contributed by atoms with E-state index in [4.69, 9.17) is 8.83 Å². The molecule has 2 heterocycles. The average Bonchev–Trinajstić information content (AvgIpc) is 3.64. The molecular weight excluding hydrogens is 526 g/mol. The van der Waals surface area contributed by atoms with Crippen LogP contribution in [0.5, 0.6) is 0 Å². The lowest BCUT2D eigenvalue weighted by Gasteiger charge is -2.28. The number of para-hydroxylation sites is 2. The van der Waals surface area contributed by atoms with Gasteiger partial charge in [0, 0.05) is 38.9 Å². The molecule has 0 aliphatic rings. The fourth-order valence-corrected chi connectivity index (χ4v) is 6.51. The quantitative estimate of drug-likeness (QED) is 0.218. The molecule has 0 N–H and O–H groups in total. The lowest BCUT2D eigenvalue weighted by Crippen LogP contribution is -2.11. The van der Waals surface area contributed by atoms with E-state index in [1.165, 1.54) is 10.8 Å². The van der Waals surface area contributed by atoms with E-state index in [9.17, 15) is 0 Å². The zero-order valence-electron chi connectivity index (χ0n) is 23.2. The van der Waals surface area contributed by atoms with Crippen molar-refractivity contribution in [2.45, 2.75) is 0 Å². The molecule has 43 heavy (non-hydrogen) atoms. The fraction of sp³-hybridized carbons (Fsp3) is 0. The molecule has 7 aromatic carbocycles. The van der Waals surface area contributed by atoms with Crippen LogP contribution in [0.3, 0.4) is 0 Å². The van der Waals surface area contributed by atoms with Crippen LogP contribution in [0.25, 0.3) is 65.8 Å². The van der Waals surface area contributed by atoms with Crippen molar-refractivity contribution in [1.29, 1.82) is 0 Å². The number of fused-ring (bicyclic) bond motifs is 7. The second kappa shape index (κ2) is 9.37. The maximum Gasteiger partial charge on any atom is 0.145 e. The lowest BCUT2D eigenvalue weighted by atomic mass is 9.99. The maximum atomic E-state index is 6.65. The van der Waals surface area contributed by atoms with Gasteiger partial charge in [-0.1, -0.05) is 103 Å². The highest BCUT2D eigenvalue weighted by molar-refractivity contribution is 6.18. The van der Waals surface area contributed by atoms with Gasteiger partial charge in [0.25, 0.3) is 0 Å². The molecule has 0 saturated heterocycles. The number of nitrogens with zero attached hydrogens (tertiary/aromatic N) is 1. The molecule has 0 spiro atoms. The Labute approximate surface area is 247 Å². The zero-order valence-corrected chi connectivity index (χ0v) is 23.2. The van der Waals surface area contributed by atoms with E-state index in [2.05, 4.69) is 132 Å². The number of anilines is 3. The minimum absolute atomic E-state index is 0.859. The van der Waals surface area contributed by atoms with E-state index in [0.29, 0.717) is 0 Å². The summed E-state index contributed by atoms with van der Waals surface area (Å²) in [5.41, 5.74) is 8.84. The van der Waals surface area contributed by atoms with Gasteiger partial charge >= 0.3 is 0 Å². The average molecular weight is 552 g/mol. The molecule has 0 saturated carbocycles. The van der Waals surface area contributed by atoms with Crippen molar-refractivity contribution >= 4 is 71.7 Å². The topological polar surface area (TPSA) is 29.5 Å². The highest BCUT2D eigenvalue weighted by Gasteiger charge is 2.23. The van der Waals surface area contributed by atoms with Crippen molar-refractivity contribution in [2.24, 2.45) is 0 Å². The first kappa shape index (κ1) is 23.9. The van der Waals surface area contributed by atoms with Gasteiger partial charge in [-0.2, -0.15) is 0 Å². The van der Waals surface area contributed by atoms with Gasteiger partial charge in [0.2, 0.25) is 0 Å². The predicted octanol–water partition coefficient (Wildman–Crippen LogP) is 11.8. The van der Waals surface area contributed by atoms with E-state index in [1.54, 1.807) is 0 Å². The summed E-state index contributed by atoms with van der Waals surface area (Å²) in [5, 5.41) is 6.74. The summed E-state index contributed by atoms with van der Waals surface area (Å²) in [4.78, 5) is 2.36. The van der Waals surface area contributed by atoms with Gasteiger partial charge in [-0.05, 0) is 53.4 Å². The van der Waals surface area contributed by atoms with E-state index in [0.717, 1.165) is 72.1 Å². The third-order valence-corrected chi connectivity index (χ3v) is 8.46. The second-order valence-electron chi connectivity index (χ2n) is 10.9. The van der Waals surface area contributed by atoms with Crippen LogP contribution < -0.4 is 4.90 Å². The second-order valence-corrected chi connectivity index (χ2v) is 10.9. The number of hydrogen-bond acceptors (Lipinski definition) is 3. The van der Waals surface area contributed by atoms with Crippen LogP contribution in [0.1, 0.15) is 0 Å². The SMILES string of the molecule is c1ccc(-c2ccc(N(c3ccc4c(c3)oc3ccccc34)c3cccc4ccccc34)c3c2oc2ccccc23)cc1. The van der Waals surface area contributed by atoms with Gasteiger partial charge < -0.3 is 13.7 Å². The van der Waals surface area contributed by atoms with Crippen LogP contribution in [0, 0.1) is 0 Å². The largest absolute Gasteiger partial charge is 0.456 e. The number of hydrogen-bond donors (Lipinski definition) is 0. The van der Waals surface area contributed by atoms with Crippen molar-refractivity contribution in [3.05, 3.63) is 152 Å². The molecule has 9 aromatic rings. The highest BCUT2D eigenvalue weighted by Crippen LogP contribution is 2.48. The van der Waals surface area contributed by atoms with E-state index < -0.39 is 0 Å². The summed E-state index contributed by atoms with van der Waals surface area (Å²) in [6.45, 7) is 0. The monoisotopic (exact) mass is 551 g/mol. The van der Waals surface area contributed by atoms with E-state index in [-0.39, 0.29) is 0 Å². The molecule has 0 atom stereocenters. The molecule has 3 heteroatoms. The maximum absolute atomic E-state index is 6.65. The summed E-state index contributed by atoms with van der Waals surface area (Å²) >= 11 is 0. The molecule has 0 unspecified atom stereocenters. The van der Waals surface area contributed by atoms with Gasteiger partial charge in [-0.25, -0.2) is 0 Å². The summed E-state index contributed by atoms with van der Waals surface area (Å²) in [6.07, 6.45) is 0. The summed E-state index contributed by atoms with van der Waals surface area (Å²) in [6, 6.07) is 53.0. The number of benzene rings is 7. The van der Waals surface area contributed by atoms with Crippen molar-refractivity contribution in [3.8, 4) is 11.1 Å². The molecule has 9 rings (SSSR count). The normalized spacial score (nSPS) is 11.7. The van der Waals surface area contributed by atoms with Gasteiger partial charge in [-0.3, -0.25) is 0 Å². The van der Waals surface area contributed by atoms with E-state index in [1.807, 2.05) is 24.3 Å². The summed E-state index contributed by atoms with van der Waals surface area (Å²) < 4.78 is 13.0. The van der Waals surface area contributed by atoms with Gasteiger partial charge in [0.05, 0.1) is 16.8 Å². The zero-order chi connectivity index (χ0) is 28.3. The molecule has 0 aliphatic carbocycles. The molecule has 0 radical (unpaired) electrons. The van der Waals surface area contributed by atoms with Gasteiger partial charge in [0.15, 0.2) is 0 Å². The molecule has 0 amide bonds. The van der Waals surface area contributed by atoms with Crippen LogP contribution in [0.4, 0.5) is 17.1 Å². The smallest absolute Gasteiger partial charge is 0.145 e. The molecule has 202 valence electrons. The minimum atomic E-state index is 0.859. The summed E-state index contributed by atoms with van der Waals surface area (Å²) in [7, 11) is 0. The van der Waals surface area contributed by atoms with Crippen molar-refractivity contribution in [2.75, 3.05) is 4.90 Å². The molecule has 0 fully saturated rings. The predicted molar refractivity (Wildman–Crippen MR) is 179 cm³/mol. The molecular formula is C40H25NO2. The Morgan fingerprint density at radius 1 is 0.419 bits per heavy atom. The van der Waals surface area contributed by atoms with Gasteiger partial charge in [0.1, 0.15) is 22.3 Å². The summed E-state index contributed by atoms with van der Waals surface area (Å²) in [5.74, 6) is 0. The Hall–Kier alpha value is -5.80. The first-order chi connectivity index (χ1) is 21.3. The fourth-order valence-electron chi connectivity index (χ4n) is 6.51. The number of furan rings is 2. The Bertz CT molecular complexity index is 2460. The standard InChI is InChI=1S/C40H25NO2/c1-2-11-27(12-3-1)30-23-24-35(39-33-17-7-9-20-37(33)43-40(30)39)41(34-18-10-14-26-13-4-5-15-29(26)34)28-21-22-32-31-16-6-8-19-36(31)42-38(32)25-28/h1-25H. The Morgan fingerprint density at radius 3 is 1.95 bits per heavy atom. The Kier molecular flexibility index (Phi) is 5.20. The third kappa shape index (κ3) is 3.68. The van der Waals surface area contributed by atoms with Crippen LogP contribution in [-0.2, 0) is 0 Å². The lowest BCUT2D eigenvalue weighted by molar-refractivity contribution is 0.669. The molecule has 3 nitrogen and oxygen atoms in total.